The lowest BCUT2D eigenvalue weighted by atomic mass is 10.1. The Morgan fingerprint density at radius 1 is 1.31 bits per heavy atom. The molecule has 72 valence electrons. The predicted molar refractivity (Wildman–Crippen MR) is 55.2 cm³/mol. The van der Waals surface area contributed by atoms with Crippen LogP contribution in [0.1, 0.15) is 43.3 Å². The summed E-state index contributed by atoms with van der Waals surface area (Å²) in [5.74, 6) is 1.24. The Labute approximate surface area is 84.4 Å². The molecule has 1 heterocycles. The number of aryl methyl sites for hydroxylation is 1. The topological polar surface area (TPSA) is 25.8 Å². The minimum atomic E-state index is 0.386. The first kappa shape index (κ1) is 10.5. The smallest absolute Gasteiger partial charge is 0.135 e. The molecule has 0 radical (unpaired) electrons. The van der Waals surface area contributed by atoms with Gasteiger partial charge in [-0.3, -0.25) is 0 Å². The first-order valence-corrected chi connectivity index (χ1v) is 4.94. The van der Waals surface area contributed by atoms with Gasteiger partial charge in [-0.1, -0.05) is 25.4 Å². The molecule has 0 fully saturated rings. The molecule has 0 bridgehead atoms. The van der Waals surface area contributed by atoms with Gasteiger partial charge in [0.15, 0.2) is 0 Å². The van der Waals surface area contributed by atoms with Crippen molar-refractivity contribution in [3.8, 4) is 0 Å². The lowest BCUT2D eigenvalue weighted by Gasteiger charge is -2.09. The fraction of sp³-hybridized carbons (Fsp3) is 0.600. The minimum Gasteiger partial charge on any atom is -0.238 e. The molecule has 3 heteroatoms. The van der Waals surface area contributed by atoms with E-state index >= 15 is 0 Å². The van der Waals surface area contributed by atoms with E-state index in [1.165, 1.54) is 0 Å². The molecule has 0 aliphatic heterocycles. The minimum absolute atomic E-state index is 0.386. The highest BCUT2D eigenvalue weighted by Crippen LogP contribution is 2.20. The van der Waals surface area contributed by atoms with E-state index in [1.54, 1.807) is 0 Å². The third-order valence-electron chi connectivity index (χ3n) is 2.40. The van der Waals surface area contributed by atoms with Gasteiger partial charge in [-0.05, 0) is 20.3 Å². The molecule has 0 aliphatic rings. The van der Waals surface area contributed by atoms with Gasteiger partial charge in [-0.15, -0.1) is 0 Å². The Morgan fingerprint density at radius 3 is 2.38 bits per heavy atom. The van der Waals surface area contributed by atoms with Gasteiger partial charge in [0, 0.05) is 17.2 Å². The van der Waals surface area contributed by atoms with Gasteiger partial charge >= 0.3 is 0 Å². The van der Waals surface area contributed by atoms with Crippen molar-refractivity contribution in [3.05, 3.63) is 22.2 Å². The zero-order chi connectivity index (χ0) is 10.0. The summed E-state index contributed by atoms with van der Waals surface area (Å²) in [4.78, 5) is 8.67. The Kier molecular flexibility index (Phi) is 3.26. The monoisotopic (exact) mass is 198 g/mol. The average molecular weight is 199 g/mol. The lowest BCUT2D eigenvalue weighted by molar-refractivity contribution is 0.673. The summed E-state index contributed by atoms with van der Waals surface area (Å²) in [6, 6.07) is 0. The first-order valence-electron chi connectivity index (χ1n) is 4.56. The van der Waals surface area contributed by atoms with E-state index in [9.17, 15) is 0 Å². The van der Waals surface area contributed by atoms with Gasteiger partial charge in [-0.2, -0.15) is 0 Å². The van der Waals surface area contributed by atoms with Crippen LogP contribution in [-0.2, 0) is 0 Å². The molecule has 1 aromatic rings. The normalized spacial score (nSPS) is 13.0. The Hall–Kier alpha value is -0.630. The fourth-order valence-electron chi connectivity index (χ4n) is 1.02. The van der Waals surface area contributed by atoms with Crippen LogP contribution < -0.4 is 0 Å². The van der Waals surface area contributed by atoms with E-state index in [0.29, 0.717) is 11.1 Å². The Bertz CT molecular complexity index is 287. The molecule has 0 aromatic carbocycles. The van der Waals surface area contributed by atoms with Gasteiger partial charge in [0.1, 0.15) is 11.0 Å². The van der Waals surface area contributed by atoms with E-state index in [-0.39, 0.29) is 0 Å². The highest BCUT2D eigenvalue weighted by molar-refractivity contribution is 6.30. The van der Waals surface area contributed by atoms with Crippen molar-refractivity contribution in [3.63, 3.8) is 0 Å². The summed E-state index contributed by atoms with van der Waals surface area (Å²) in [6.07, 6.45) is 1.04. The quantitative estimate of drug-likeness (QED) is 0.682. The molecule has 0 spiro atoms. The van der Waals surface area contributed by atoms with Crippen molar-refractivity contribution < 1.29 is 0 Å². The van der Waals surface area contributed by atoms with Crippen LogP contribution in [0.25, 0.3) is 0 Å². The zero-order valence-corrected chi connectivity index (χ0v) is 9.31. The second-order valence-electron chi connectivity index (χ2n) is 3.39. The van der Waals surface area contributed by atoms with Crippen LogP contribution in [0.15, 0.2) is 0 Å². The summed E-state index contributed by atoms with van der Waals surface area (Å²) in [5.41, 5.74) is 1.96. The van der Waals surface area contributed by atoms with E-state index in [1.807, 2.05) is 13.8 Å². The van der Waals surface area contributed by atoms with Crippen molar-refractivity contribution in [2.75, 3.05) is 0 Å². The number of nitrogens with zero attached hydrogens (tertiary/aromatic N) is 2. The molecule has 1 atom stereocenters. The molecule has 13 heavy (non-hydrogen) atoms. The molecular weight excluding hydrogens is 184 g/mol. The Morgan fingerprint density at radius 2 is 1.92 bits per heavy atom. The van der Waals surface area contributed by atoms with Gasteiger partial charge in [0.05, 0.1) is 0 Å². The van der Waals surface area contributed by atoms with E-state index in [4.69, 9.17) is 11.6 Å². The summed E-state index contributed by atoms with van der Waals surface area (Å²) < 4.78 is 0. The molecule has 1 unspecified atom stereocenters. The number of aromatic nitrogens is 2. The summed E-state index contributed by atoms with van der Waals surface area (Å²) in [5, 5.41) is 0.586. The molecule has 0 amide bonds. The van der Waals surface area contributed by atoms with Crippen LogP contribution >= 0.6 is 11.6 Å². The van der Waals surface area contributed by atoms with Crippen molar-refractivity contribution in [1.82, 2.24) is 9.97 Å². The molecule has 0 saturated heterocycles. The number of halogens is 1. The number of hydrogen-bond donors (Lipinski definition) is 0. The third-order valence-corrected chi connectivity index (χ3v) is 2.77. The molecule has 1 rings (SSSR count). The lowest BCUT2D eigenvalue weighted by Crippen LogP contribution is -2.03. The molecule has 2 nitrogen and oxygen atoms in total. The van der Waals surface area contributed by atoms with E-state index in [2.05, 4.69) is 23.8 Å². The second-order valence-corrected chi connectivity index (χ2v) is 3.75. The van der Waals surface area contributed by atoms with Crippen LogP contribution in [0.3, 0.4) is 0 Å². The fourth-order valence-corrected chi connectivity index (χ4v) is 1.24. The van der Waals surface area contributed by atoms with Crippen molar-refractivity contribution in [2.24, 2.45) is 0 Å². The predicted octanol–water partition coefficient (Wildman–Crippen LogP) is 3.26. The molecular formula is C10H15ClN2. The Balaban J connectivity index is 3.13. The highest BCUT2D eigenvalue weighted by atomic mass is 35.5. The van der Waals surface area contributed by atoms with Gasteiger partial charge in [0.2, 0.25) is 0 Å². The maximum atomic E-state index is 5.97. The maximum Gasteiger partial charge on any atom is 0.135 e. The van der Waals surface area contributed by atoms with Crippen molar-refractivity contribution in [1.29, 1.82) is 0 Å². The summed E-state index contributed by atoms with van der Waals surface area (Å²) >= 11 is 5.97. The largest absolute Gasteiger partial charge is 0.238 e. The van der Waals surface area contributed by atoms with E-state index in [0.717, 1.165) is 23.5 Å². The first-order chi connectivity index (χ1) is 6.06. The number of rotatable bonds is 2. The third kappa shape index (κ3) is 2.19. The zero-order valence-electron chi connectivity index (χ0n) is 8.56. The number of hydrogen-bond acceptors (Lipinski definition) is 2. The average Bonchev–Trinajstić information content (AvgIpc) is 2.12. The molecule has 1 aromatic heterocycles. The molecule has 0 N–H and O–H groups in total. The molecule has 0 aliphatic carbocycles. The van der Waals surface area contributed by atoms with Gasteiger partial charge < -0.3 is 0 Å². The SMILES string of the molecule is CCC(C)c1nc(C)c(C)c(Cl)n1. The van der Waals surface area contributed by atoms with E-state index < -0.39 is 0 Å². The van der Waals surface area contributed by atoms with Crippen LogP contribution in [0.2, 0.25) is 5.15 Å². The van der Waals surface area contributed by atoms with Gasteiger partial charge in [0.25, 0.3) is 0 Å². The second kappa shape index (κ2) is 4.05. The van der Waals surface area contributed by atoms with Crippen LogP contribution in [-0.4, -0.2) is 9.97 Å². The summed E-state index contributed by atoms with van der Waals surface area (Å²) in [6.45, 7) is 8.14. The summed E-state index contributed by atoms with van der Waals surface area (Å²) in [7, 11) is 0. The van der Waals surface area contributed by atoms with Crippen molar-refractivity contribution in [2.45, 2.75) is 40.0 Å². The van der Waals surface area contributed by atoms with Crippen molar-refractivity contribution >= 4 is 11.6 Å². The van der Waals surface area contributed by atoms with Gasteiger partial charge in [-0.25, -0.2) is 9.97 Å². The molecule has 0 saturated carbocycles. The standard InChI is InChI=1S/C10H15ClN2/c1-5-6(2)10-12-8(4)7(3)9(11)13-10/h6H,5H2,1-4H3. The maximum absolute atomic E-state index is 5.97. The van der Waals surface area contributed by atoms with Crippen LogP contribution in [0.4, 0.5) is 0 Å². The highest BCUT2D eigenvalue weighted by Gasteiger charge is 2.10. The van der Waals surface area contributed by atoms with Crippen LogP contribution in [0, 0.1) is 13.8 Å². The van der Waals surface area contributed by atoms with Crippen LogP contribution in [0.5, 0.6) is 0 Å².